The Balaban J connectivity index is 1.99. The van der Waals surface area contributed by atoms with Crippen molar-refractivity contribution in [3.05, 3.63) is 59.7 Å². The minimum atomic E-state index is -0.489. The first-order chi connectivity index (χ1) is 12.0. The maximum absolute atomic E-state index is 12.2. The Morgan fingerprint density at radius 2 is 1.64 bits per heavy atom. The zero-order valence-electron chi connectivity index (χ0n) is 14.7. The van der Waals surface area contributed by atoms with Crippen LogP contribution < -0.4 is 9.47 Å². The van der Waals surface area contributed by atoms with Crippen LogP contribution in [0.2, 0.25) is 0 Å². The third-order valence-corrected chi connectivity index (χ3v) is 3.23. The molecule has 0 radical (unpaired) electrons. The maximum atomic E-state index is 12.2. The van der Waals surface area contributed by atoms with Gasteiger partial charge in [-0.3, -0.25) is 0 Å². The first-order valence-corrected chi connectivity index (χ1v) is 8.21. The lowest BCUT2D eigenvalue weighted by atomic mass is 10.2. The average Bonchev–Trinajstić information content (AvgIpc) is 2.61. The molecule has 25 heavy (non-hydrogen) atoms. The zero-order valence-corrected chi connectivity index (χ0v) is 14.7. The summed E-state index contributed by atoms with van der Waals surface area (Å²) in [6, 6.07) is 13.1. The Labute approximate surface area is 147 Å². The molecule has 0 spiro atoms. The summed E-state index contributed by atoms with van der Waals surface area (Å²) in [5.41, 5.74) is 0.810. The van der Waals surface area contributed by atoms with E-state index >= 15 is 0 Å². The largest absolute Gasteiger partial charge is 0.494 e. The lowest BCUT2D eigenvalue weighted by Gasteiger charge is -2.09. The predicted molar refractivity (Wildman–Crippen MR) is 94.1 cm³/mol. The minimum Gasteiger partial charge on any atom is -0.494 e. The molecule has 0 bridgehead atoms. The van der Waals surface area contributed by atoms with Crippen molar-refractivity contribution in [3.63, 3.8) is 0 Å². The lowest BCUT2D eigenvalue weighted by Crippen LogP contribution is -2.11. The van der Waals surface area contributed by atoms with Crippen molar-refractivity contribution in [1.29, 1.82) is 0 Å². The van der Waals surface area contributed by atoms with E-state index in [1.54, 1.807) is 48.5 Å². The Bertz CT molecular complexity index is 719. The topological polar surface area (TPSA) is 61.8 Å². The molecule has 0 aliphatic carbocycles. The van der Waals surface area contributed by atoms with Gasteiger partial charge in [0, 0.05) is 0 Å². The van der Waals surface area contributed by atoms with Gasteiger partial charge in [0.1, 0.15) is 11.5 Å². The van der Waals surface area contributed by atoms with Gasteiger partial charge in [0.15, 0.2) is 0 Å². The molecule has 0 unspecified atom stereocenters. The van der Waals surface area contributed by atoms with Gasteiger partial charge in [0.05, 0.1) is 24.3 Å². The van der Waals surface area contributed by atoms with E-state index in [-0.39, 0.29) is 5.92 Å². The number of rotatable bonds is 7. The molecule has 2 rings (SSSR count). The average molecular weight is 342 g/mol. The van der Waals surface area contributed by atoms with Crippen LogP contribution in [0.1, 0.15) is 41.5 Å². The van der Waals surface area contributed by atoms with Crippen LogP contribution in [0.4, 0.5) is 0 Å². The van der Waals surface area contributed by atoms with Crippen molar-refractivity contribution in [3.8, 4) is 11.5 Å². The molecule has 132 valence electrons. The number of hydrogen-bond donors (Lipinski definition) is 0. The molecule has 0 saturated carbocycles. The van der Waals surface area contributed by atoms with Gasteiger partial charge in [-0.1, -0.05) is 19.9 Å². The molecule has 5 heteroatoms. The van der Waals surface area contributed by atoms with Crippen LogP contribution in [0.3, 0.4) is 0 Å². The number of ether oxygens (including phenoxy) is 3. The number of carbonyl (C=O) groups excluding carboxylic acids is 2. The van der Waals surface area contributed by atoms with Gasteiger partial charge in [-0.05, 0) is 55.3 Å². The monoisotopic (exact) mass is 342 g/mol. The van der Waals surface area contributed by atoms with Crippen molar-refractivity contribution >= 4 is 11.9 Å². The van der Waals surface area contributed by atoms with Crippen molar-refractivity contribution in [2.24, 2.45) is 5.92 Å². The van der Waals surface area contributed by atoms with Crippen molar-refractivity contribution in [2.45, 2.75) is 20.8 Å². The maximum Gasteiger partial charge on any atom is 0.343 e. The summed E-state index contributed by atoms with van der Waals surface area (Å²) in [6.07, 6.45) is 0. The van der Waals surface area contributed by atoms with E-state index < -0.39 is 11.9 Å². The fourth-order valence-electron chi connectivity index (χ4n) is 2.03. The van der Waals surface area contributed by atoms with Gasteiger partial charge in [-0.15, -0.1) is 0 Å². The summed E-state index contributed by atoms with van der Waals surface area (Å²) in [4.78, 5) is 24.1. The summed E-state index contributed by atoms with van der Waals surface area (Å²) in [5.74, 6) is 0.358. The Hall–Kier alpha value is -2.82. The summed E-state index contributed by atoms with van der Waals surface area (Å²) < 4.78 is 15.8. The van der Waals surface area contributed by atoms with Crippen molar-refractivity contribution in [1.82, 2.24) is 0 Å². The summed E-state index contributed by atoms with van der Waals surface area (Å²) in [5, 5.41) is 0. The number of esters is 2. The van der Waals surface area contributed by atoms with Crippen LogP contribution in [-0.4, -0.2) is 25.2 Å². The van der Waals surface area contributed by atoms with E-state index in [2.05, 4.69) is 0 Å². The first kappa shape index (κ1) is 18.5. The Kier molecular flexibility index (Phi) is 6.57. The number of hydrogen-bond acceptors (Lipinski definition) is 5. The highest BCUT2D eigenvalue weighted by atomic mass is 16.5. The Morgan fingerprint density at radius 3 is 2.28 bits per heavy atom. The molecule has 0 atom stereocenters. The van der Waals surface area contributed by atoms with Crippen LogP contribution in [0.25, 0.3) is 0 Å². The highest BCUT2D eigenvalue weighted by Crippen LogP contribution is 2.18. The predicted octanol–water partition coefficient (Wildman–Crippen LogP) is 4.12. The molecule has 0 N–H and O–H groups in total. The van der Waals surface area contributed by atoms with Crippen LogP contribution in [0.15, 0.2) is 48.5 Å². The highest BCUT2D eigenvalue weighted by molar-refractivity contribution is 5.92. The SMILES string of the molecule is CCOc1cccc(C(=O)Oc2ccc(C(=O)OCC(C)C)cc2)c1. The van der Waals surface area contributed by atoms with Gasteiger partial charge >= 0.3 is 11.9 Å². The minimum absolute atomic E-state index is 0.275. The molecule has 0 aliphatic heterocycles. The van der Waals surface area contributed by atoms with E-state index in [0.717, 1.165) is 0 Å². The van der Waals surface area contributed by atoms with Crippen LogP contribution in [0, 0.1) is 5.92 Å². The van der Waals surface area contributed by atoms with Gasteiger partial charge < -0.3 is 14.2 Å². The van der Waals surface area contributed by atoms with E-state index in [1.165, 1.54) is 0 Å². The standard InChI is InChI=1S/C20H22O5/c1-4-23-18-7-5-6-16(12-18)20(22)25-17-10-8-15(9-11-17)19(21)24-13-14(2)3/h5-12,14H,4,13H2,1-3H3. The van der Waals surface area contributed by atoms with Crippen molar-refractivity contribution < 1.29 is 23.8 Å². The van der Waals surface area contributed by atoms with E-state index in [4.69, 9.17) is 14.2 Å². The third kappa shape index (κ3) is 5.64. The smallest absolute Gasteiger partial charge is 0.343 e. The third-order valence-electron chi connectivity index (χ3n) is 3.23. The van der Waals surface area contributed by atoms with Crippen LogP contribution in [-0.2, 0) is 4.74 Å². The number of benzene rings is 2. The van der Waals surface area contributed by atoms with Gasteiger partial charge in [0.25, 0.3) is 0 Å². The molecular weight excluding hydrogens is 320 g/mol. The van der Waals surface area contributed by atoms with Crippen LogP contribution in [0.5, 0.6) is 11.5 Å². The first-order valence-electron chi connectivity index (χ1n) is 8.21. The molecule has 5 nitrogen and oxygen atoms in total. The molecule has 2 aromatic rings. The van der Waals surface area contributed by atoms with Gasteiger partial charge in [0.2, 0.25) is 0 Å². The normalized spacial score (nSPS) is 10.4. The van der Waals surface area contributed by atoms with E-state index in [0.29, 0.717) is 35.8 Å². The molecule has 0 saturated heterocycles. The second kappa shape index (κ2) is 8.87. The molecule has 0 aromatic heterocycles. The van der Waals surface area contributed by atoms with Gasteiger partial charge in [-0.2, -0.15) is 0 Å². The highest BCUT2D eigenvalue weighted by Gasteiger charge is 2.12. The fourth-order valence-corrected chi connectivity index (χ4v) is 2.03. The van der Waals surface area contributed by atoms with Crippen LogP contribution >= 0.6 is 0 Å². The second-order valence-electron chi connectivity index (χ2n) is 5.87. The fraction of sp³-hybridized carbons (Fsp3) is 0.300. The molecular formula is C20H22O5. The molecule has 2 aromatic carbocycles. The number of carbonyl (C=O) groups is 2. The summed E-state index contributed by atoms with van der Waals surface area (Å²) in [6.45, 7) is 6.70. The second-order valence-corrected chi connectivity index (χ2v) is 5.87. The summed E-state index contributed by atoms with van der Waals surface area (Å²) >= 11 is 0. The van der Waals surface area contributed by atoms with E-state index in [1.807, 2.05) is 20.8 Å². The molecule has 0 heterocycles. The Morgan fingerprint density at radius 1 is 0.920 bits per heavy atom. The van der Waals surface area contributed by atoms with E-state index in [9.17, 15) is 9.59 Å². The lowest BCUT2D eigenvalue weighted by molar-refractivity contribution is 0.0459. The quantitative estimate of drug-likeness (QED) is 0.559. The van der Waals surface area contributed by atoms with Gasteiger partial charge in [-0.25, -0.2) is 9.59 Å². The molecule has 0 fully saturated rings. The summed E-state index contributed by atoms with van der Waals surface area (Å²) in [7, 11) is 0. The van der Waals surface area contributed by atoms with Crippen molar-refractivity contribution in [2.75, 3.05) is 13.2 Å². The zero-order chi connectivity index (χ0) is 18.2. The molecule has 0 aliphatic rings. The molecule has 0 amide bonds.